The van der Waals surface area contributed by atoms with Gasteiger partial charge < -0.3 is 10.1 Å². The van der Waals surface area contributed by atoms with Gasteiger partial charge in [0, 0.05) is 17.3 Å². The Morgan fingerprint density at radius 2 is 1.88 bits per heavy atom. The average Bonchev–Trinajstić information content (AvgIpc) is 3.08. The van der Waals surface area contributed by atoms with Crippen molar-refractivity contribution in [2.75, 3.05) is 12.4 Å². The Kier molecular flexibility index (Phi) is 5.56. The molecule has 1 N–H and O–H groups in total. The number of ether oxygens (including phenoxy) is 1. The summed E-state index contributed by atoms with van der Waals surface area (Å²) >= 11 is 0. The molecule has 6 nitrogen and oxygen atoms in total. The monoisotopic (exact) mass is 440 g/mol. The fourth-order valence-electron chi connectivity index (χ4n) is 3.51. The summed E-state index contributed by atoms with van der Waals surface area (Å²) in [5.41, 5.74) is 2.26. The average molecular weight is 440 g/mol. The standard InChI is InChI=1S/C23H19F3N4O2/c1-14-21-19(15-6-8-18(32-2)9-7-15)10-11-27-22(21)30(29-14)13-20(31)28-17-5-3-4-16(12-17)23(24,25)26/h3-12H,13H2,1-2H3,(H,28,31). The van der Waals surface area contributed by atoms with Gasteiger partial charge in [0.25, 0.3) is 0 Å². The fourth-order valence-corrected chi connectivity index (χ4v) is 3.51. The van der Waals surface area contributed by atoms with E-state index < -0.39 is 17.6 Å². The molecule has 4 rings (SSSR count). The van der Waals surface area contributed by atoms with Gasteiger partial charge in [-0.05, 0) is 54.4 Å². The summed E-state index contributed by atoms with van der Waals surface area (Å²) in [7, 11) is 1.60. The largest absolute Gasteiger partial charge is 0.497 e. The van der Waals surface area contributed by atoms with E-state index in [4.69, 9.17) is 4.74 Å². The molecule has 0 bridgehead atoms. The third-order valence-electron chi connectivity index (χ3n) is 4.98. The quantitative estimate of drug-likeness (QED) is 0.470. The van der Waals surface area contributed by atoms with Crippen LogP contribution in [-0.4, -0.2) is 27.8 Å². The normalized spacial score (nSPS) is 11.5. The van der Waals surface area contributed by atoms with Crippen LogP contribution in [0.15, 0.2) is 60.8 Å². The molecule has 4 aromatic rings. The molecule has 0 radical (unpaired) electrons. The molecule has 0 atom stereocenters. The van der Waals surface area contributed by atoms with Crippen LogP contribution in [-0.2, 0) is 17.5 Å². The molecule has 0 aliphatic heterocycles. The predicted molar refractivity (Wildman–Crippen MR) is 114 cm³/mol. The third-order valence-corrected chi connectivity index (χ3v) is 4.98. The Hall–Kier alpha value is -3.88. The Morgan fingerprint density at radius 3 is 2.56 bits per heavy atom. The van der Waals surface area contributed by atoms with Gasteiger partial charge in [-0.15, -0.1) is 0 Å². The minimum atomic E-state index is -4.49. The number of fused-ring (bicyclic) bond motifs is 1. The highest BCUT2D eigenvalue weighted by Gasteiger charge is 2.30. The van der Waals surface area contributed by atoms with Crippen LogP contribution in [0.3, 0.4) is 0 Å². The molecule has 0 fully saturated rings. The van der Waals surface area contributed by atoms with Gasteiger partial charge in [0.05, 0.1) is 18.4 Å². The number of aromatic nitrogens is 3. The maximum atomic E-state index is 12.9. The topological polar surface area (TPSA) is 69.0 Å². The first-order chi connectivity index (χ1) is 15.3. The first-order valence-electron chi connectivity index (χ1n) is 9.70. The number of alkyl halides is 3. The lowest BCUT2D eigenvalue weighted by atomic mass is 10.0. The summed E-state index contributed by atoms with van der Waals surface area (Å²) < 4.78 is 45.4. The van der Waals surface area contributed by atoms with Crippen LogP contribution in [0.25, 0.3) is 22.2 Å². The van der Waals surface area contributed by atoms with Gasteiger partial charge in [-0.25, -0.2) is 9.67 Å². The van der Waals surface area contributed by atoms with E-state index in [9.17, 15) is 18.0 Å². The number of anilines is 1. The summed E-state index contributed by atoms with van der Waals surface area (Å²) in [6.07, 6.45) is -2.86. The van der Waals surface area contributed by atoms with Crippen molar-refractivity contribution in [1.29, 1.82) is 0 Å². The SMILES string of the molecule is COc1ccc(-c2ccnc3c2c(C)nn3CC(=O)Nc2cccc(C(F)(F)F)c2)cc1. The zero-order valence-corrected chi connectivity index (χ0v) is 17.3. The Balaban J connectivity index is 1.61. The summed E-state index contributed by atoms with van der Waals surface area (Å²) in [5.74, 6) is 0.225. The molecule has 32 heavy (non-hydrogen) atoms. The number of hydrogen-bond acceptors (Lipinski definition) is 4. The van der Waals surface area contributed by atoms with E-state index in [1.807, 2.05) is 37.3 Å². The van der Waals surface area contributed by atoms with Crippen LogP contribution in [0.2, 0.25) is 0 Å². The summed E-state index contributed by atoms with van der Waals surface area (Å²) in [4.78, 5) is 16.9. The van der Waals surface area contributed by atoms with Crippen LogP contribution in [0.5, 0.6) is 5.75 Å². The number of aryl methyl sites for hydroxylation is 1. The Bertz CT molecular complexity index is 1280. The number of pyridine rings is 1. The van der Waals surface area contributed by atoms with Gasteiger partial charge >= 0.3 is 6.18 Å². The minimum Gasteiger partial charge on any atom is -0.497 e. The van der Waals surface area contributed by atoms with Crippen molar-refractivity contribution in [3.8, 4) is 16.9 Å². The number of hydrogen-bond donors (Lipinski definition) is 1. The van der Waals surface area contributed by atoms with Crippen molar-refractivity contribution in [2.45, 2.75) is 19.6 Å². The maximum Gasteiger partial charge on any atom is 0.416 e. The van der Waals surface area contributed by atoms with Crippen molar-refractivity contribution in [3.05, 3.63) is 72.1 Å². The smallest absolute Gasteiger partial charge is 0.416 e. The van der Waals surface area contributed by atoms with E-state index in [0.717, 1.165) is 34.4 Å². The number of amides is 1. The molecule has 0 aliphatic carbocycles. The van der Waals surface area contributed by atoms with E-state index in [1.165, 1.54) is 16.8 Å². The highest BCUT2D eigenvalue weighted by molar-refractivity contribution is 5.96. The van der Waals surface area contributed by atoms with Gasteiger partial charge in [-0.3, -0.25) is 4.79 Å². The van der Waals surface area contributed by atoms with Crippen LogP contribution < -0.4 is 10.1 Å². The van der Waals surface area contributed by atoms with Crippen molar-refractivity contribution < 1.29 is 22.7 Å². The molecule has 2 aromatic heterocycles. The molecular weight excluding hydrogens is 421 g/mol. The van der Waals surface area contributed by atoms with E-state index in [0.29, 0.717) is 11.3 Å². The molecule has 0 spiro atoms. The Morgan fingerprint density at radius 1 is 1.12 bits per heavy atom. The minimum absolute atomic E-state index is 0.0601. The van der Waals surface area contributed by atoms with E-state index in [2.05, 4.69) is 15.4 Å². The summed E-state index contributed by atoms with van der Waals surface area (Å²) in [6.45, 7) is 1.62. The lowest BCUT2D eigenvalue weighted by molar-refractivity contribution is -0.137. The zero-order valence-electron chi connectivity index (χ0n) is 17.3. The van der Waals surface area contributed by atoms with E-state index in [1.54, 1.807) is 13.3 Å². The van der Waals surface area contributed by atoms with Gasteiger partial charge in [0.2, 0.25) is 5.91 Å². The highest BCUT2D eigenvalue weighted by atomic mass is 19.4. The molecule has 1 amide bonds. The zero-order chi connectivity index (χ0) is 22.9. The number of rotatable bonds is 5. The number of halogens is 3. The number of nitrogens with zero attached hydrogens (tertiary/aromatic N) is 3. The molecule has 9 heteroatoms. The summed E-state index contributed by atoms with van der Waals surface area (Å²) in [6, 6.07) is 13.9. The number of carbonyl (C=O) groups is 1. The van der Waals surface area contributed by atoms with Crippen LogP contribution in [0, 0.1) is 6.92 Å². The number of nitrogens with one attached hydrogen (secondary N) is 1. The second kappa shape index (κ2) is 8.33. The molecule has 0 saturated carbocycles. The first-order valence-corrected chi connectivity index (χ1v) is 9.70. The van der Waals surface area contributed by atoms with Gasteiger partial charge in [-0.1, -0.05) is 18.2 Å². The molecule has 2 aromatic carbocycles. The van der Waals surface area contributed by atoms with E-state index >= 15 is 0 Å². The molecule has 2 heterocycles. The van der Waals surface area contributed by atoms with Crippen molar-refractivity contribution in [2.24, 2.45) is 0 Å². The van der Waals surface area contributed by atoms with Crippen LogP contribution in [0.4, 0.5) is 18.9 Å². The lowest BCUT2D eigenvalue weighted by Crippen LogP contribution is -2.20. The van der Waals surface area contributed by atoms with E-state index in [-0.39, 0.29) is 12.2 Å². The third kappa shape index (κ3) is 4.27. The van der Waals surface area contributed by atoms with Crippen LogP contribution >= 0.6 is 0 Å². The van der Waals surface area contributed by atoms with Gasteiger partial charge in [-0.2, -0.15) is 18.3 Å². The predicted octanol–water partition coefficient (Wildman–Crippen LogP) is 5.07. The highest BCUT2D eigenvalue weighted by Crippen LogP contribution is 2.32. The lowest BCUT2D eigenvalue weighted by Gasteiger charge is -2.10. The number of methoxy groups -OCH3 is 1. The van der Waals surface area contributed by atoms with Gasteiger partial charge in [0.15, 0.2) is 5.65 Å². The fraction of sp³-hybridized carbons (Fsp3) is 0.174. The maximum absolute atomic E-state index is 12.9. The first kappa shape index (κ1) is 21.4. The molecule has 0 saturated heterocycles. The number of benzene rings is 2. The molecule has 164 valence electrons. The second-order valence-corrected chi connectivity index (χ2v) is 7.16. The van der Waals surface area contributed by atoms with Crippen molar-refractivity contribution >= 4 is 22.6 Å². The van der Waals surface area contributed by atoms with Crippen molar-refractivity contribution in [1.82, 2.24) is 14.8 Å². The van der Waals surface area contributed by atoms with Gasteiger partial charge in [0.1, 0.15) is 12.3 Å². The molecule has 0 aliphatic rings. The second-order valence-electron chi connectivity index (χ2n) is 7.16. The van der Waals surface area contributed by atoms with Crippen molar-refractivity contribution in [3.63, 3.8) is 0 Å². The Labute approximate surface area is 181 Å². The molecule has 0 unspecified atom stereocenters. The number of carbonyl (C=O) groups excluding carboxylic acids is 1. The summed E-state index contributed by atoms with van der Waals surface area (Å²) in [5, 5.41) is 7.73. The van der Waals surface area contributed by atoms with Crippen LogP contribution in [0.1, 0.15) is 11.3 Å². The molecular formula is C23H19F3N4O2.